The lowest BCUT2D eigenvalue weighted by Gasteiger charge is -2.10. The molecule has 19 heavy (non-hydrogen) atoms. The molecule has 0 unspecified atom stereocenters. The second-order valence-corrected chi connectivity index (χ2v) is 4.14. The maximum atomic E-state index is 11.0. The lowest BCUT2D eigenvalue weighted by atomic mass is 10.1. The average molecular weight is 257 g/mol. The van der Waals surface area contributed by atoms with Crippen LogP contribution in [0.3, 0.4) is 0 Å². The molecule has 0 atom stereocenters. The van der Waals surface area contributed by atoms with Crippen LogP contribution in [0, 0.1) is 0 Å². The highest BCUT2D eigenvalue weighted by Gasteiger charge is 2.11. The van der Waals surface area contributed by atoms with Crippen molar-refractivity contribution in [3.63, 3.8) is 0 Å². The predicted molar refractivity (Wildman–Crippen MR) is 73.5 cm³/mol. The van der Waals surface area contributed by atoms with Crippen LogP contribution in [0.15, 0.2) is 48.5 Å². The molecule has 0 aromatic heterocycles. The van der Waals surface area contributed by atoms with Crippen LogP contribution in [-0.4, -0.2) is 17.7 Å². The molecule has 0 saturated carbocycles. The molecule has 0 bridgehead atoms. The Bertz CT molecular complexity index is 567. The molecular formula is C15H15NO3. The highest BCUT2D eigenvalue weighted by Crippen LogP contribution is 2.22. The summed E-state index contributed by atoms with van der Waals surface area (Å²) in [5, 5.41) is 9.05. The zero-order chi connectivity index (χ0) is 13.7. The first kappa shape index (κ1) is 13.0. The standard InChI is InChI=1S/C15H15NO3/c16-12-6-7-13(15(17)18)14(10-12)19-9-8-11-4-2-1-3-5-11/h1-7,10H,8-9,16H2,(H,17,18). The number of aromatic carboxylic acids is 1. The van der Waals surface area contributed by atoms with Gasteiger partial charge >= 0.3 is 5.97 Å². The number of carboxylic acids is 1. The number of hydrogen-bond acceptors (Lipinski definition) is 3. The van der Waals surface area contributed by atoms with Gasteiger partial charge < -0.3 is 15.6 Å². The monoisotopic (exact) mass is 257 g/mol. The third kappa shape index (κ3) is 3.48. The third-order valence-electron chi connectivity index (χ3n) is 2.73. The van der Waals surface area contributed by atoms with Crippen molar-refractivity contribution in [1.82, 2.24) is 0 Å². The van der Waals surface area contributed by atoms with Gasteiger partial charge in [0, 0.05) is 18.2 Å². The number of rotatable bonds is 5. The van der Waals surface area contributed by atoms with E-state index in [4.69, 9.17) is 15.6 Å². The Morgan fingerprint density at radius 1 is 1.16 bits per heavy atom. The van der Waals surface area contributed by atoms with Crippen LogP contribution < -0.4 is 10.5 Å². The van der Waals surface area contributed by atoms with Crippen LogP contribution in [0.2, 0.25) is 0 Å². The molecule has 2 aromatic rings. The topological polar surface area (TPSA) is 72.6 Å². The van der Waals surface area contributed by atoms with Crippen molar-refractivity contribution in [3.05, 3.63) is 59.7 Å². The SMILES string of the molecule is Nc1ccc(C(=O)O)c(OCCc2ccccc2)c1. The van der Waals surface area contributed by atoms with Crippen molar-refractivity contribution in [3.8, 4) is 5.75 Å². The molecule has 2 rings (SSSR count). The highest BCUT2D eigenvalue weighted by molar-refractivity contribution is 5.91. The molecule has 0 saturated heterocycles. The number of nitrogens with two attached hydrogens (primary N) is 1. The van der Waals surface area contributed by atoms with Gasteiger partial charge in [0.2, 0.25) is 0 Å². The molecule has 2 aromatic carbocycles. The summed E-state index contributed by atoms with van der Waals surface area (Å²) in [6, 6.07) is 14.4. The first-order chi connectivity index (χ1) is 9.16. The summed E-state index contributed by atoms with van der Waals surface area (Å²) in [6.45, 7) is 0.410. The molecule has 0 aliphatic rings. The van der Waals surface area contributed by atoms with Crippen LogP contribution in [0.5, 0.6) is 5.75 Å². The van der Waals surface area contributed by atoms with Gasteiger partial charge in [-0.25, -0.2) is 4.79 Å². The number of carboxylic acid groups (broad SMARTS) is 1. The van der Waals surface area contributed by atoms with Crippen molar-refractivity contribution in [2.75, 3.05) is 12.3 Å². The fourth-order valence-electron chi connectivity index (χ4n) is 1.76. The number of benzene rings is 2. The number of ether oxygens (including phenoxy) is 1. The van der Waals surface area contributed by atoms with Crippen LogP contribution in [0.4, 0.5) is 5.69 Å². The number of hydrogen-bond donors (Lipinski definition) is 2. The maximum absolute atomic E-state index is 11.0. The van der Waals surface area contributed by atoms with Crippen LogP contribution in [-0.2, 0) is 6.42 Å². The molecule has 0 aliphatic carbocycles. The van der Waals surface area contributed by atoms with Gasteiger partial charge in [0.1, 0.15) is 11.3 Å². The summed E-state index contributed by atoms with van der Waals surface area (Å²) in [5.41, 5.74) is 7.39. The second-order valence-electron chi connectivity index (χ2n) is 4.14. The van der Waals surface area contributed by atoms with Crippen molar-refractivity contribution in [2.24, 2.45) is 0 Å². The quantitative estimate of drug-likeness (QED) is 0.807. The van der Waals surface area contributed by atoms with E-state index in [9.17, 15) is 4.79 Å². The largest absolute Gasteiger partial charge is 0.492 e. The van der Waals surface area contributed by atoms with E-state index < -0.39 is 5.97 Å². The Balaban J connectivity index is 2.03. The van der Waals surface area contributed by atoms with Crippen LogP contribution in [0.25, 0.3) is 0 Å². The Kier molecular flexibility index (Phi) is 4.03. The van der Waals surface area contributed by atoms with Gasteiger partial charge in [-0.2, -0.15) is 0 Å². The Morgan fingerprint density at radius 3 is 2.58 bits per heavy atom. The third-order valence-corrected chi connectivity index (χ3v) is 2.73. The highest BCUT2D eigenvalue weighted by atomic mass is 16.5. The maximum Gasteiger partial charge on any atom is 0.339 e. The van der Waals surface area contributed by atoms with Crippen LogP contribution in [0.1, 0.15) is 15.9 Å². The summed E-state index contributed by atoms with van der Waals surface area (Å²) in [6.07, 6.45) is 0.717. The van der Waals surface area contributed by atoms with E-state index >= 15 is 0 Å². The molecule has 4 heteroatoms. The zero-order valence-corrected chi connectivity index (χ0v) is 10.4. The fraction of sp³-hybridized carbons (Fsp3) is 0.133. The van der Waals surface area contributed by atoms with Gasteiger partial charge in [-0.05, 0) is 17.7 Å². The van der Waals surface area contributed by atoms with E-state index in [1.54, 1.807) is 6.07 Å². The molecule has 98 valence electrons. The lowest BCUT2D eigenvalue weighted by molar-refractivity contribution is 0.0692. The molecule has 4 nitrogen and oxygen atoms in total. The summed E-state index contributed by atoms with van der Waals surface area (Å²) < 4.78 is 5.52. The molecule has 3 N–H and O–H groups in total. The number of anilines is 1. The Morgan fingerprint density at radius 2 is 1.89 bits per heavy atom. The van der Waals surface area contributed by atoms with Gasteiger partial charge in [-0.15, -0.1) is 0 Å². The van der Waals surface area contributed by atoms with Gasteiger partial charge in [0.05, 0.1) is 6.61 Å². The van der Waals surface area contributed by atoms with E-state index in [1.165, 1.54) is 12.1 Å². The molecule has 0 spiro atoms. The van der Waals surface area contributed by atoms with Crippen LogP contribution >= 0.6 is 0 Å². The van der Waals surface area contributed by atoms with Gasteiger partial charge in [-0.1, -0.05) is 30.3 Å². The van der Waals surface area contributed by atoms with E-state index in [1.807, 2.05) is 30.3 Å². The Hall–Kier alpha value is -2.49. The van der Waals surface area contributed by atoms with Crippen molar-refractivity contribution >= 4 is 11.7 Å². The van der Waals surface area contributed by atoms with E-state index in [0.717, 1.165) is 5.56 Å². The smallest absolute Gasteiger partial charge is 0.339 e. The van der Waals surface area contributed by atoms with E-state index in [0.29, 0.717) is 24.5 Å². The van der Waals surface area contributed by atoms with E-state index in [-0.39, 0.29) is 5.56 Å². The zero-order valence-electron chi connectivity index (χ0n) is 10.4. The summed E-state index contributed by atoms with van der Waals surface area (Å²) in [4.78, 5) is 11.0. The Labute approximate surface area is 111 Å². The molecule has 0 fully saturated rings. The lowest BCUT2D eigenvalue weighted by Crippen LogP contribution is -2.07. The van der Waals surface area contributed by atoms with Gasteiger partial charge in [0.25, 0.3) is 0 Å². The molecule has 0 heterocycles. The minimum absolute atomic E-state index is 0.127. The number of nitrogen functional groups attached to an aromatic ring is 1. The van der Waals surface area contributed by atoms with Crippen molar-refractivity contribution in [2.45, 2.75) is 6.42 Å². The fourth-order valence-corrected chi connectivity index (χ4v) is 1.76. The number of carbonyl (C=O) groups is 1. The minimum Gasteiger partial charge on any atom is -0.492 e. The summed E-state index contributed by atoms with van der Waals surface area (Å²) in [7, 11) is 0. The molecular weight excluding hydrogens is 242 g/mol. The van der Waals surface area contributed by atoms with Crippen molar-refractivity contribution in [1.29, 1.82) is 0 Å². The summed E-state index contributed by atoms with van der Waals surface area (Å²) >= 11 is 0. The van der Waals surface area contributed by atoms with Gasteiger partial charge in [0.15, 0.2) is 0 Å². The second kappa shape index (κ2) is 5.91. The predicted octanol–water partition coefficient (Wildman–Crippen LogP) is 2.59. The first-order valence-electron chi connectivity index (χ1n) is 5.96. The molecule has 0 aliphatic heterocycles. The molecule has 0 radical (unpaired) electrons. The van der Waals surface area contributed by atoms with E-state index in [2.05, 4.69) is 0 Å². The average Bonchev–Trinajstić information content (AvgIpc) is 2.39. The first-order valence-corrected chi connectivity index (χ1v) is 5.96. The minimum atomic E-state index is -1.02. The normalized spacial score (nSPS) is 10.1. The molecule has 0 amide bonds. The summed E-state index contributed by atoms with van der Waals surface area (Å²) in [5.74, 6) is -0.710. The van der Waals surface area contributed by atoms with Gasteiger partial charge in [-0.3, -0.25) is 0 Å². The van der Waals surface area contributed by atoms with Crippen molar-refractivity contribution < 1.29 is 14.6 Å².